The van der Waals surface area contributed by atoms with E-state index in [1.807, 2.05) is 6.92 Å². The summed E-state index contributed by atoms with van der Waals surface area (Å²) in [6.07, 6.45) is 3.88. The Bertz CT molecular complexity index is 278. The molecule has 0 aliphatic heterocycles. The summed E-state index contributed by atoms with van der Waals surface area (Å²) >= 11 is 0. The van der Waals surface area contributed by atoms with E-state index >= 15 is 0 Å². The number of carbonyl (C=O) groups excluding carboxylic acids is 1. The smallest absolute Gasteiger partial charge is 0.308 e. The van der Waals surface area contributed by atoms with E-state index in [0.29, 0.717) is 6.54 Å². The van der Waals surface area contributed by atoms with Crippen LogP contribution < -0.4 is 0 Å². The van der Waals surface area contributed by atoms with Crippen molar-refractivity contribution in [2.45, 2.75) is 39.5 Å². The van der Waals surface area contributed by atoms with Crippen molar-refractivity contribution in [3.05, 3.63) is 0 Å². The van der Waals surface area contributed by atoms with Crippen LogP contribution in [0.3, 0.4) is 0 Å². The van der Waals surface area contributed by atoms with E-state index in [1.165, 1.54) is 0 Å². The molecule has 0 heterocycles. The molecule has 4 nitrogen and oxygen atoms in total. The number of carboxylic acid groups (broad SMARTS) is 1. The van der Waals surface area contributed by atoms with Gasteiger partial charge in [0, 0.05) is 19.0 Å². The first kappa shape index (κ1) is 13.0. The molecular formula is C12H21NO3. The van der Waals surface area contributed by atoms with Crippen LogP contribution in [-0.4, -0.2) is 35.5 Å². The number of aliphatic carboxylic acids is 1. The zero-order valence-electron chi connectivity index (χ0n) is 10.3. The lowest BCUT2D eigenvalue weighted by atomic mass is 9.66. The third-order valence-electron chi connectivity index (χ3n) is 3.76. The fourth-order valence-corrected chi connectivity index (χ4v) is 2.30. The summed E-state index contributed by atoms with van der Waals surface area (Å²) in [6, 6.07) is 0. The summed E-state index contributed by atoms with van der Waals surface area (Å²) in [5, 5.41) is 8.81. The molecule has 4 heteroatoms. The van der Waals surface area contributed by atoms with Crippen molar-refractivity contribution in [2.24, 2.45) is 11.3 Å². The molecule has 1 amide bonds. The normalized spacial score (nSPS) is 19.7. The Hall–Kier alpha value is -1.06. The first-order valence-corrected chi connectivity index (χ1v) is 5.91. The van der Waals surface area contributed by atoms with E-state index in [1.54, 1.807) is 18.9 Å². The number of nitrogens with zero attached hydrogens (tertiary/aromatic N) is 1. The fraction of sp³-hybridized carbons (Fsp3) is 0.833. The van der Waals surface area contributed by atoms with Crippen LogP contribution in [0.5, 0.6) is 0 Å². The van der Waals surface area contributed by atoms with Gasteiger partial charge in [0.25, 0.3) is 0 Å². The van der Waals surface area contributed by atoms with E-state index in [9.17, 15) is 9.59 Å². The maximum atomic E-state index is 12.2. The molecule has 0 radical (unpaired) electrons. The number of rotatable bonds is 5. The highest BCUT2D eigenvalue weighted by Crippen LogP contribution is 2.45. The van der Waals surface area contributed by atoms with Crippen molar-refractivity contribution in [2.75, 3.05) is 13.6 Å². The Kier molecular flexibility index (Phi) is 3.94. The van der Waals surface area contributed by atoms with Crippen LogP contribution >= 0.6 is 0 Å². The standard InChI is InChI=1S/C12H21NO3/c1-4-12(6-5-7-12)11(16)13(3)8-9(2)10(14)15/h9H,4-8H2,1-3H3,(H,14,15). The second kappa shape index (κ2) is 4.85. The SMILES string of the molecule is CCC1(C(=O)N(C)CC(C)C(=O)O)CCC1. The minimum Gasteiger partial charge on any atom is -0.481 e. The molecule has 0 aromatic heterocycles. The van der Waals surface area contributed by atoms with E-state index in [4.69, 9.17) is 5.11 Å². The summed E-state index contributed by atoms with van der Waals surface area (Å²) in [6.45, 7) is 3.97. The van der Waals surface area contributed by atoms with Crippen molar-refractivity contribution in [1.29, 1.82) is 0 Å². The number of hydrogen-bond donors (Lipinski definition) is 1. The number of carbonyl (C=O) groups is 2. The molecule has 0 bridgehead atoms. The van der Waals surface area contributed by atoms with Crippen LogP contribution in [0.15, 0.2) is 0 Å². The number of hydrogen-bond acceptors (Lipinski definition) is 2. The quantitative estimate of drug-likeness (QED) is 0.778. The first-order chi connectivity index (χ1) is 7.43. The first-order valence-electron chi connectivity index (χ1n) is 5.91. The molecular weight excluding hydrogens is 206 g/mol. The van der Waals surface area contributed by atoms with Crippen LogP contribution in [0.25, 0.3) is 0 Å². The molecule has 0 saturated heterocycles. The molecule has 1 aliphatic carbocycles. The topological polar surface area (TPSA) is 57.6 Å². The minimum absolute atomic E-state index is 0.120. The third kappa shape index (κ3) is 2.36. The van der Waals surface area contributed by atoms with Gasteiger partial charge >= 0.3 is 5.97 Å². The monoisotopic (exact) mass is 227 g/mol. The maximum absolute atomic E-state index is 12.2. The van der Waals surface area contributed by atoms with Crippen LogP contribution in [0.4, 0.5) is 0 Å². The zero-order chi connectivity index (χ0) is 12.3. The predicted octanol–water partition coefficient (Wildman–Crippen LogP) is 1.75. The zero-order valence-corrected chi connectivity index (χ0v) is 10.3. The van der Waals surface area contributed by atoms with Gasteiger partial charge in [-0.1, -0.05) is 20.3 Å². The molecule has 16 heavy (non-hydrogen) atoms. The largest absolute Gasteiger partial charge is 0.481 e. The molecule has 1 fully saturated rings. The third-order valence-corrected chi connectivity index (χ3v) is 3.76. The molecule has 0 aromatic carbocycles. The summed E-state index contributed by atoms with van der Waals surface area (Å²) < 4.78 is 0. The van der Waals surface area contributed by atoms with Crippen LogP contribution in [-0.2, 0) is 9.59 Å². The summed E-state index contributed by atoms with van der Waals surface area (Å²) in [4.78, 5) is 24.5. The lowest BCUT2D eigenvalue weighted by molar-refractivity contribution is -0.149. The molecule has 1 saturated carbocycles. The Balaban J connectivity index is 2.56. The maximum Gasteiger partial charge on any atom is 0.308 e. The average molecular weight is 227 g/mol. The minimum atomic E-state index is -0.848. The van der Waals surface area contributed by atoms with E-state index < -0.39 is 11.9 Å². The highest BCUT2D eigenvalue weighted by molar-refractivity contribution is 5.84. The lowest BCUT2D eigenvalue weighted by Crippen LogP contribution is -2.47. The summed E-state index contributed by atoms with van der Waals surface area (Å²) in [5.74, 6) is -1.23. The Labute approximate surface area is 96.6 Å². The van der Waals surface area contributed by atoms with Gasteiger partial charge in [-0.15, -0.1) is 0 Å². The lowest BCUT2D eigenvalue weighted by Gasteiger charge is -2.42. The molecule has 1 N–H and O–H groups in total. The van der Waals surface area contributed by atoms with Gasteiger partial charge in [0.2, 0.25) is 5.91 Å². The Morgan fingerprint density at radius 3 is 2.31 bits per heavy atom. The Morgan fingerprint density at radius 1 is 1.44 bits per heavy atom. The van der Waals surface area contributed by atoms with Gasteiger partial charge < -0.3 is 10.0 Å². The van der Waals surface area contributed by atoms with Crippen LogP contribution in [0.1, 0.15) is 39.5 Å². The second-order valence-electron chi connectivity index (χ2n) is 4.91. The highest BCUT2D eigenvalue weighted by Gasteiger charge is 2.44. The summed E-state index contributed by atoms with van der Waals surface area (Å²) in [7, 11) is 1.71. The Morgan fingerprint density at radius 2 is 2.00 bits per heavy atom. The molecule has 0 aromatic rings. The van der Waals surface area contributed by atoms with Gasteiger partial charge in [0.1, 0.15) is 0 Å². The number of amides is 1. The fourth-order valence-electron chi connectivity index (χ4n) is 2.30. The van der Waals surface area contributed by atoms with Gasteiger partial charge in [-0.05, 0) is 19.3 Å². The van der Waals surface area contributed by atoms with Crippen molar-refractivity contribution in [1.82, 2.24) is 4.90 Å². The molecule has 1 aliphatic rings. The van der Waals surface area contributed by atoms with Crippen LogP contribution in [0.2, 0.25) is 0 Å². The van der Waals surface area contributed by atoms with Crippen molar-refractivity contribution in [3.8, 4) is 0 Å². The second-order valence-corrected chi connectivity index (χ2v) is 4.91. The van der Waals surface area contributed by atoms with E-state index in [0.717, 1.165) is 25.7 Å². The molecule has 0 spiro atoms. The number of carboxylic acids is 1. The van der Waals surface area contributed by atoms with Gasteiger partial charge in [0.05, 0.1) is 5.92 Å². The molecule has 1 unspecified atom stereocenters. The van der Waals surface area contributed by atoms with Gasteiger partial charge in [-0.2, -0.15) is 0 Å². The molecule has 1 atom stereocenters. The van der Waals surface area contributed by atoms with E-state index in [2.05, 4.69) is 0 Å². The highest BCUT2D eigenvalue weighted by atomic mass is 16.4. The van der Waals surface area contributed by atoms with Crippen LogP contribution in [0, 0.1) is 11.3 Å². The predicted molar refractivity (Wildman–Crippen MR) is 61.0 cm³/mol. The summed E-state index contributed by atoms with van der Waals surface area (Å²) in [5.41, 5.74) is -0.188. The van der Waals surface area contributed by atoms with E-state index in [-0.39, 0.29) is 11.3 Å². The van der Waals surface area contributed by atoms with Crippen molar-refractivity contribution in [3.63, 3.8) is 0 Å². The van der Waals surface area contributed by atoms with Gasteiger partial charge in [-0.3, -0.25) is 9.59 Å². The average Bonchev–Trinajstić information content (AvgIpc) is 2.16. The molecule has 92 valence electrons. The van der Waals surface area contributed by atoms with Gasteiger partial charge in [-0.25, -0.2) is 0 Å². The van der Waals surface area contributed by atoms with Gasteiger partial charge in [0.15, 0.2) is 0 Å². The van der Waals surface area contributed by atoms with Crippen molar-refractivity contribution >= 4 is 11.9 Å². The van der Waals surface area contributed by atoms with Crippen molar-refractivity contribution < 1.29 is 14.7 Å². The molecule has 1 rings (SSSR count).